The van der Waals surface area contributed by atoms with Gasteiger partial charge in [0.25, 0.3) is 10.2 Å². The molecule has 19 heavy (non-hydrogen) atoms. The monoisotopic (exact) mass is 278 g/mol. The van der Waals surface area contributed by atoms with Gasteiger partial charge in [0.2, 0.25) is 0 Å². The summed E-state index contributed by atoms with van der Waals surface area (Å²) < 4.78 is 29.5. The summed E-state index contributed by atoms with van der Waals surface area (Å²) in [6.45, 7) is 2.00. The Hall–Kier alpha value is -2.05. The van der Waals surface area contributed by atoms with Crippen molar-refractivity contribution in [3.8, 4) is 11.5 Å². The van der Waals surface area contributed by atoms with Crippen molar-refractivity contribution in [1.82, 2.24) is 0 Å². The first-order chi connectivity index (χ1) is 8.92. The molecule has 2 aromatic rings. The minimum Gasteiger partial charge on any atom is -0.457 e. The molecule has 0 aromatic heterocycles. The maximum atomic E-state index is 10.8. The minimum atomic E-state index is -3.74. The van der Waals surface area contributed by atoms with Crippen LogP contribution in [0.2, 0.25) is 0 Å². The number of hydrogen-bond donors (Lipinski definition) is 2. The molecule has 6 heteroatoms. The maximum Gasteiger partial charge on any atom is 0.296 e. The summed E-state index contributed by atoms with van der Waals surface area (Å²) >= 11 is 0. The van der Waals surface area contributed by atoms with Gasteiger partial charge in [0.05, 0.1) is 0 Å². The Bertz CT molecular complexity index is 649. The van der Waals surface area contributed by atoms with Crippen molar-refractivity contribution >= 4 is 15.9 Å². The van der Waals surface area contributed by atoms with E-state index in [-0.39, 0.29) is 0 Å². The van der Waals surface area contributed by atoms with Crippen LogP contribution in [0.25, 0.3) is 0 Å². The van der Waals surface area contributed by atoms with Crippen LogP contribution in [-0.4, -0.2) is 8.42 Å². The Morgan fingerprint density at radius 2 is 1.42 bits per heavy atom. The smallest absolute Gasteiger partial charge is 0.296 e. The van der Waals surface area contributed by atoms with Crippen LogP contribution in [0.4, 0.5) is 5.69 Å². The van der Waals surface area contributed by atoms with Crippen LogP contribution in [0.1, 0.15) is 5.56 Å². The van der Waals surface area contributed by atoms with Gasteiger partial charge in [-0.1, -0.05) is 17.7 Å². The molecule has 0 aliphatic rings. The molecule has 100 valence electrons. The van der Waals surface area contributed by atoms with Gasteiger partial charge in [-0.05, 0) is 43.3 Å². The fourth-order valence-corrected chi connectivity index (χ4v) is 1.96. The average Bonchev–Trinajstić information content (AvgIpc) is 2.33. The van der Waals surface area contributed by atoms with E-state index in [0.29, 0.717) is 11.4 Å². The van der Waals surface area contributed by atoms with Crippen LogP contribution in [0.5, 0.6) is 11.5 Å². The highest BCUT2D eigenvalue weighted by Crippen LogP contribution is 2.23. The molecular formula is C13H14N2O3S. The second-order valence-corrected chi connectivity index (χ2v) is 5.38. The molecule has 3 N–H and O–H groups in total. The lowest BCUT2D eigenvalue weighted by molar-refractivity contribution is 0.482. The number of nitrogens with two attached hydrogens (primary N) is 1. The number of benzene rings is 2. The number of hydrogen-bond acceptors (Lipinski definition) is 3. The lowest BCUT2D eigenvalue weighted by Crippen LogP contribution is -2.21. The molecule has 0 radical (unpaired) electrons. The van der Waals surface area contributed by atoms with Crippen molar-refractivity contribution in [2.24, 2.45) is 5.14 Å². The summed E-state index contributed by atoms with van der Waals surface area (Å²) in [5.41, 5.74) is 1.54. The van der Waals surface area contributed by atoms with Crippen molar-refractivity contribution in [3.63, 3.8) is 0 Å². The topological polar surface area (TPSA) is 81.4 Å². The van der Waals surface area contributed by atoms with Crippen LogP contribution in [0.3, 0.4) is 0 Å². The molecule has 2 rings (SSSR count). The fourth-order valence-electron chi connectivity index (χ4n) is 1.50. The van der Waals surface area contributed by atoms with Gasteiger partial charge in [-0.2, -0.15) is 8.42 Å². The molecular weight excluding hydrogens is 264 g/mol. The number of nitrogens with one attached hydrogen (secondary N) is 1. The average molecular weight is 278 g/mol. The van der Waals surface area contributed by atoms with Crippen LogP contribution in [0.15, 0.2) is 48.5 Å². The van der Waals surface area contributed by atoms with E-state index < -0.39 is 10.2 Å². The van der Waals surface area contributed by atoms with Crippen LogP contribution < -0.4 is 14.6 Å². The first-order valence-electron chi connectivity index (χ1n) is 5.57. The lowest BCUT2D eigenvalue weighted by Gasteiger charge is -2.07. The zero-order chi connectivity index (χ0) is 13.9. The molecule has 0 aliphatic carbocycles. The minimum absolute atomic E-state index is 0.388. The van der Waals surface area contributed by atoms with Gasteiger partial charge in [0, 0.05) is 5.69 Å². The highest BCUT2D eigenvalue weighted by molar-refractivity contribution is 7.90. The second kappa shape index (κ2) is 5.29. The molecule has 0 fully saturated rings. The van der Waals surface area contributed by atoms with Crippen LogP contribution in [-0.2, 0) is 10.2 Å². The Morgan fingerprint density at radius 3 is 1.89 bits per heavy atom. The fraction of sp³-hybridized carbons (Fsp3) is 0.0769. The van der Waals surface area contributed by atoms with Gasteiger partial charge in [-0.15, -0.1) is 0 Å². The molecule has 0 unspecified atom stereocenters. The lowest BCUT2D eigenvalue weighted by atomic mass is 10.2. The zero-order valence-corrected chi connectivity index (χ0v) is 11.1. The third-order valence-corrected chi connectivity index (χ3v) is 2.89. The second-order valence-electron chi connectivity index (χ2n) is 4.09. The van der Waals surface area contributed by atoms with E-state index in [1.165, 1.54) is 0 Å². The van der Waals surface area contributed by atoms with Crippen LogP contribution >= 0.6 is 0 Å². The van der Waals surface area contributed by atoms with Gasteiger partial charge in [0.1, 0.15) is 11.5 Å². The van der Waals surface area contributed by atoms with Crippen molar-refractivity contribution in [2.75, 3.05) is 4.72 Å². The van der Waals surface area contributed by atoms with E-state index in [4.69, 9.17) is 9.88 Å². The van der Waals surface area contributed by atoms with E-state index >= 15 is 0 Å². The number of ether oxygens (including phenoxy) is 1. The molecule has 0 atom stereocenters. The normalized spacial score (nSPS) is 11.1. The van der Waals surface area contributed by atoms with Crippen molar-refractivity contribution < 1.29 is 13.2 Å². The predicted molar refractivity (Wildman–Crippen MR) is 74.4 cm³/mol. The molecule has 0 aliphatic heterocycles. The third-order valence-electron chi connectivity index (χ3n) is 2.37. The Balaban J connectivity index is 2.08. The van der Waals surface area contributed by atoms with Gasteiger partial charge < -0.3 is 4.74 Å². The highest BCUT2D eigenvalue weighted by atomic mass is 32.2. The SMILES string of the molecule is Cc1ccc(Oc2ccc(NS(N)(=O)=O)cc2)cc1. The van der Waals surface area contributed by atoms with E-state index in [2.05, 4.69) is 4.72 Å². The molecule has 0 bridgehead atoms. The molecule has 0 amide bonds. The highest BCUT2D eigenvalue weighted by Gasteiger charge is 2.02. The van der Waals surface area contributed by atoms with Crippen LogP contribution in [0, 0.1) is 6.92 Å². The van der Waals surface area contributed by atoms with E-state index in [1.807, 2.05) is 31.2 Å². The van der Waals surface area contributed by atoms with Gasteiger partial charge in [0.15, 0.2) is 0 Å². The van der Waals surface area contributed by atoms with Crippen molar-refractivity contribution in [3.05, 3.63) is 54.1 Å². The summed E-state index contributed by atoms with van der Waals surface area (Å²) in [4.78, 5) is 0. The number of anilines is 1. The summed E-state index contributed by atoms with van der Waals surface area (Å²) in [5.74, 6) is 1.33. The molecule has 0 spiro atoms. The quantitative estimate of drug-likeness (QED) is 0.901. The number of rotatable bonds is 4. The molecule has 2 aromatic carbocycles. The molecule has 0 saturated heterocycles. The number of aryl methyl sites for hydroxylation is 1. The van der Waals surface area contributed by atoms with Crippen molar-refractivity contribution in [1.29, 1.82) is 0 Å². The first-order valence-corrected chi connectivity index (χ1v) is 7.12. The maximum absolute atomic E-state index is 10.8. The Kier molecular flexibility index (Phi) is 3.73. The molecule has 0 heterocycles. The Morgan fingerprint density at radius 1 is 0.947 bits per heavy atom. The van der Waals surface area contributed by atoms with E-state index in [0.717, 1.165) is 11.3 Å². The first kappa shape index (κ1) is 13.4. The van der Waals surface area contributed by atoms with Gasteiger partial charge in [-0.25, -0.2) is 5.14 Å². The van der Waals surface area contributed by atoms with Gasteiger partial charge in [-0.3, -0.25) is 4.72 Å². The van der Waals surface area contributed by atoms with E-state index in [9.17, 15) is 8.42 Å². The van der Waals surface area contributed by atoms with Crippen molar-refractivity contribution in [2.45, 2.75) is 6.92 Å². The zero-order valence-electron chi connectivity index (χ0n) is 10.3. The summed E-state index contributed by atoms with van der Waals surface area (Å²) in [6.07, 6.45) is 0. The summed E-state index contributed by atoms with van der Waals surface area (Å²) in [5, 5.41) is 4.87. The predicted octanol–water partition coefficient (Wildman–Crippen LogP) is 2.40. The molecule has 0 saturated carbocycles. The molecule has 5 nitrogen and oxygen atoms in total. The van der Waals surface area contributed by atoms with E-state index in [1.54, 1.807) is 24.3 Å². The third kappa shape index (κ3) is 4.27. The summed E-state index contributed by atoms with van der Waals surface area (Å²) in [6, 6.07) is 14.1. The van der Waals surface area contributed by atoms with Gasteiger partial charge >= 0.3 is 0 Å². The Labute approximate surface area is 112 Å². The standard InChI is InChI=1S/C13H14N2O3S/c1-10-2-6-12(7-3-10)18-13-8-4-11(5-9-13)15-19(14,16)17/h2-9,15H,1H3,(H2,14,16,17). The largest absolute Gasteiger partial charge is 0.457 e. The summed E-state index contributed by atoms with van der Waals surface area (Å²) in [7, 11) is -3.74.